The SMILES string of the molecule is Cc1ccc(C(C(C)C)n2nc(CF)c3c(=O)[nH]c(=O)[nH]c32)cc1. The van der Waals surface area contributed by atoms with Gasteiger partial charge in [0.1, 0.15) is 23.4 Å². The van der Waals surface area contributed by atoms with Gasteiger partial charge in [0.15, 0.2) is 0 Å². The molecule has 2 aromatic heterocycles. The fourth-order valence-corrected chi connectivity index (χ4v) is 3.01. The summed E-state index contributed by atoms with van der Waals surface area (Å²) in [6.45, 7) is 5.14. The number of fused-ring (bicyclic) bond motifs is 1. The van der Waals surface area contributed by atoms with E-state index in [0.717, 1.165) is 11.1 Å². The summed E-state index contributed by atoms with van der Waals surface area (Å²) in [5.41, 5.74) is 1.12. The zero-order valence-electron chi connectivity index (χ0n) is 13.8. The maximum absolute atomic E-state index is 13.3. The second-order valence-corrected chi connectivity index (χ2v) is 6.26. The minimum atomic E-state index is -0.878. The molecule has 7 heteroatoms. The molecule has 2 heterocycles. The van der Waals surface area contributed by atoms with Gasteiger partial charge in [-0.3, -0.25) is 14.8 Å². The number of nitrogens with one attached hydrogen (secondary N) is 2. The van der Waals surface area contributed by atoms with Crippen molar-refractivity contribution in [2.75, 3.05) is 0 Å². The Morgan fingerprint density at radius 1 is 1.17 bits per heavy atom. The van der Waals surface area contributed by atoms with Gasteiger partial charge in [-0.2, -0.15) is 5.10 Å². The van der Waals surface area contributed by atoms with Crippen LogP contribution in [0.1, 0.15) is 36.7 Å². The lowest BCUT2D eigenvalue weighted by atomic mass is 9.95. The van der Waals surface area contributed by atoms with Gasteiger partial charge in [-0.15, -0.1) is 0 Å². The van der Waals surface area contributed by atoms with Crippen LogP contribution in [0.25, 0.3) is 11.0 Å². The number of hydrogen-bond acceptors (Lipinski definition) is 3. The molecular weight excluding hydrogens is 311 g/mol. The predicted octanol–water partition coefficient (Wildman–Crippen LogP) is 2.44. The van der Waals surface area contributed by atoms with E-state index in [1.807, 2.05) is 45.0 Å². The van der Waals surface area contributed by atoms with Gasteiger partial charge in [0.25, 0.3) is 5.56 Å². The van der Waals surface area contributed by atoms with E-state index in [1.165, 1.54) is 0 Å². The number of aromatic nitrogens is 4. The molecule has 0 bridgehead atoms. The van der Waals surface area contributed by atoms with E-state index >= 15 is 0 Å². The molecule has 3 aromatic rings. The van der Waals surface area contributed by atoms with Crippen molar-refractivity contribution in [3.8, 4) is 0 Å². The van der Waals surface area contributed by atoms with E-state index < -0.39 is 17.9 Å². The highest BCUT2D eigenvalue weighted by atomic mass is 19.1. The number of hydrogen-bond donors (Lipinski definition) is 2. The standard InChI is InChI=1S/C17H19FN4O2/c1-9(2)14(11-6-4-10(3)5-7-11)22-15-13(12(8-18)21-22)16(23)20-17(24)19-15/h4-7,9,14H,8H2,1-3H3,(H2,19,20,23,24). The third kappa shape index (κ3) is 2.66. The van der Waals surface area contributed by atoms with Crippen LogP contribution in [0.3, 0.4) is 0 Å². The number of benzene rings is 1. The molecule has 0 fully saturated rings. The molecule has 1 aromatic carbocycles. The molecule has 1 unspecified atom stereocenters. The Hall–Kier alpha value is -2.70. The number of H-pyrrole nitrogens is 2. The van der Waals surface area contributed by atoms with E-state index in [9.17, 15) is 14.0 Å². The lowest BCUT2D eigenvalue weighted by molar-refractivity contribution is 0.399. The van der Waals surface area contributed by atoms with Gasteiger partial charge in [0, 0.05) is 0 Å². The van der Waals surface area contributed by atoms with Crippen LogP contribution in [0.2, 0.25) is 0 Å². The van der Waals surface area contributed by atoms with Crippen molar-refractivity contribution in [2.24, 2.45) is 5.92 Å². The average Bonchev–Trinajstić information content (AvgIpc) is 2.88. The maximum atomic E-state index is 13.3. The summed E-state index contributed by atoms with van der Waals surface area (Å²) < 4.78 is 14.9. The molecule has 3 rings (SSSR count). The molecular formula is C17H19FN4O2. The summed E-state index contributed by atoms with van der Waals surface area (Å²) >= 11 is 0. The third-order valence-electron chi connectivity index (χ3n) is 4.11. The van der Waals surface area contributed by atoms with Gasteiger partial charge < -0.3 is 0 Å². The van der Waals surface area contributed by atoms with Crippen LogP contribution in [-0.2, 0) is 6.67 Å². The molecule has 0 aliphatic rings. The monoisotopic (exact) mass is 330 g/mol. The number of nitrogens with zero attached hydrogens (tertiary/aromatic N) is 2. The Morgan fingerprint density at radius 3 is 2.42 bits per heavy atom. The molecule has 0 saturated carbocycles. The first-order chi connectivity index (χ1) is 11.4. The smallest absolute Gasteiger partial charge is 0.291 e. The number of rotatable bonds is 4. The summed E-state index contributed by atoms with van der Waals surface area (Å²) in [5, 5.41) is 4.37. The first kappa shape index (κ1) is 16.2. The second kappa shape index (κ2) is 6.07. The van der Waals surface area contributed by atoms with Crippen LogP contribution in [0, 0.1) is 12.8 Å². The van der Waals surface area contributed by atoms with Crippen LogP contribution >= 0.6 is 0 Å². The van der Waals surface area contributed by atoms with E-state index in [2.05, 4.69) is 15.1 Å². The van der Waals surface area contributed by atoms with Crippen molar-refractivity contribution in [1.29, 1.82) is 0 Å². The van der Waals surface area contributed by atoms with Gasteiger partial charge in [0.05, 0.1) is 6.04 Å². The number of halogens is 1. The minimum absolute atomic E-state index is 0.0280. The number of alkyl halides is 1. The number of aryl methyl sites for hydroxylation is 1. The average molecular weight is 330 g/mol. The highest BCUT2D eigenvalue weighted by Crippen LogP contribution is 2.29. The molecule has 0 amide bonds. The van der Waals surface area contributed by atoms with Crippen LogP contribution in [0.5, 0.6) is 0 Å². The van der Waals surface area contributed by atoms with Crippen molar-refractivity contribution in [3.63, 3.8) is 0 Å². The second-order valence-electron chi connectivity index (χ2n) is 6.26. The summed E-state index contributed by atoms with van der Waals surface area (Å²) in [6.07, 6.45) is 0. The van der Waals surface area contributed by atoms with Crippen molar-refractivity contribution >= 4 is 11.0 Å². The van der Waals surface area contributed by atoms with E-state index in [-0.39, 0.29) is 28.7 Å². The molecule has 0 spiro atoms. The van der Waals surface area contributed by atoms with Crippen molar-refractivity contribution in [1.82, 2.24) is 19.7 Å². The first-order valence-electron chi connectivity index (χ1n) is 7.78. The highest BCUT2D eigenvalue weighted by Gasteiger charge is 2.24. The Labute approximate surface area is 137 Å². The van der Waals surface area contributed by atoms with Crippen molar-refractivity contribution in [2.45, 2.75) is 33.5 Å². The van der Waals surface area contributed by atoms with Crippen LogP contribution in [0.4, 0.5) is 4.39 Å². The normalized spacial score (nSPS) is 12.9. The zero-order chi connectivity index (χ0) is 17.4. The lowest BCUT2D eigenvalue weighted by Crippen LogP contribution is -2.24. The Kier molecular flexibility index (Phi) is 4.09. The van der Waals surface area contributed by atoms with Crippen molar-refractivity contribution < 1.29 is 4.39 Å². The molecule has 24 heavy (non-hydrogen) atoms. The molecule has 0 aliphatic carbocycles. The molecule has 6 nitrogen and oxygen atoms in total. The van der Waals surface area contributed by atoms with E-state index in [1.54, 1.807) is 4.68 Å². The third-order valence-corrected chi connectivity index (χ3v) is 4.11. The topological polar surface area (TPSA) is 83.5 Å². The van der Waals surface area contributed by atoms with Crippen molar-refractivity contribution in [3.05, 3.63) is 61.9 Å². The molecule has 0 radical (unpaired) electrons. The summed E-state index contributed by atoms with van der Waals surface area (Å²) in [4.78, 5) is 28.5. The van der Waals surface area contributed by atoms with Crippen LogP contribution in [0.15, 0.2) is 33.9 Å². The summed E-state index contributed by atoms with van der Waals surface area (Å²) in [6, 6.07) is 7.71. The molecule has 0 aliphatic heterocycles. The fraction of sp³-hybridized carbons (Fsp3) is 0.353. The summed E-state index contributed by atoms with van der Waals surface area (Å²) in [7, 11) is 0. The Morgan fingerprint density at radius 2 is 1.83 bits per heavy atom. The fourth-order valence-electron chi connectivity index (χ4n) is 3.01. The van der Waals surface area contributed by atoms with Gasteiger partial charge >= 0.3 is 5.69 Å². The molecule has 1 atom stereocenters. The molecule has 126 valence electrons. The van der Waals surface area contributed by atoms with Gasteiger partial charge in [-0.05, 0) is 18.4 Å². The zero-order valence-corrected chi connectivity index (χ0v) is 13.8. The predicted molar refractivity (Wildman–Crippen MR) is 89.9 cm³/mol. The Balaban J connectivity index is 2.31. The maximum Gasteiger partial charge on any atom is 0.327 e. The van der Waals surface area contributed by atoms with E-state index in [0.29, 0.717) is 0 Å². The first-order valence-corrected chi connectivity index (χ1v) is 7.78. The quantitative estimate of drug-likeness (QED) is 0.770. The summed E-state index contributed by atoms with van der Waals surface area (Å²) in [5.74, 6) is 0.117. The molecule has 0 saturated heterocycles. The van der Waals surface area contributed by atoms with E-state index in [4.69, 9.17) is 0 Å². The van der Waals surface area contributed by atoms with Gasteiger partial charge in [-0.1, -0.05) is 43.7 Å². The van der Waals surface area contributed by atoms with Gasteiger partial charge in [-0.25, -0.2) is 13.9 Å². The molecule has 2 N–H and O–H groups in total. The largest absolute Gasteiger partial charge is 0.327 e. The lowest BCUT2D eigenvalue weighted by Gasteiger charge is -2.22. The highest BCUT2D eigenvalue weighted by molar-refractivity contribution is 5.77. The van der Waals surface area contributed by atoms with Crippen LogP contribution in [-0.4, -0.2) is 19.7 Å². The minimum Gasteiger partial charge on any atom is -0.291 e. The van der Waals surface area contributed by atoms with Gasteiger partial charge in [0.2, 0.25) is 0 Å². The van der Waals surface area contributed by atoms with Crippen LogP contribution < -0.4 is 11.2 Å². The number of aromatic amines is 2. The Bertz CT molecular complexity index is 982.